The molecule has 0 N–H and O–H groups in total. The van der Waals surface area contributed by atoms with Crippen molar-refractivity contribution < 1.29 is 14.3 Å². The molecule has 2 atom stereocenters. The van der Waals surface area contributed by atoms with Crippen LogP contribution in [0.3, 0.4) is 0 Å². The zero-order valence-electron chi connectivity index (χ0n) is 15.1. The van der Waals surface area contributed by atoms with Crippen LogP contribution in [0.4, 0.5) is 0 Å². The van der Waals surface area contributed by atoms with Gasteiger partial charge in [-0.15, -0.1) is 11.3 Å². The first kappa shape index (κ1) is 18.5. The van der Waals surface area contributed by atoms with Crippen molar-refractivity contribution in [1.29, 1.82) is 0 Å². The fraction of sp³-hybridized carbons (Fsp3) is 0.400. The number of ether oxygens (including phenoxy) is 1. The van der Waals surface area contributed by atoms with Crippen molar-refractivity contribution in [3.05, 3.63) is 50.6 Å². The molecule has 4 rings (SSSR count). The number of halogens is 1. The lowest BCUT2D eigenvalue weighted by molar-refractivity contribution is -0.134. The number of carbonyl (C=O) groups excluding carboxylic acids is 2. The summed E-state index contributed by atoms with van der Waals surface area (Å²) in [6.45, 7) is 2.31. The number of methoxy groups -OCH3 is 1. The van der Waals surface area contributed by atoms with E-state index in [1.165, 1.54) is 4.88 Å². The molecule has 0 spiro atoms. The van der Waals surface area contributed by atoms with E-state index in [9.17, 15) is 9.59 Å². The SMILES string of the molecule is COc1ccc(Br)c(C(=O)N2CCN(C(=O)C3CC3c3cccs3)CC2)c1. The van der Waals surface area contributed by atoms with Crippen LogP contribution in [0, 0.1) is 5.92 Å². The van der Waals surface area contributed by atoms with Crippen molar-refractivity contribution in [1.82, 2.24) is 9.80 Å². The molecule has 0 radical (unpaired) electrons. The Morgan fingerprint density at radius 1 is 1.15 bits per heavy atom. The summed E-state index contributed by atoms with van der Waals surface area (Å²) in [5.74, 6) is 1.38. The van der Waals surface area contributed by atoms with Crippen LogP contribution in [0.2, 0.25) is 0 Å². The molecule has 1 aromatic carbocycles. The van der Waals surface area contributed by atoms with E-state index in [0.717, 1.165) is 10.9 Å². The molecular formula is C20H21BrN2O3S. The number of amides is 2. The highest BCUT2D eigenvalue weighted by Gasteiger charge is 2.46. The standard InChI is InChI=1S/C20H21BrN2O3S/c1-26-13-4-5-17(21)16(11-13)20(25)23-8-6-22(7-9-23)19(24)15-12-14(15)18-3-2-10-27-18/h2-5,10-11,14-15H,6-9,12H2,1H3. The molecule has 2 aliphatic rings. The Hall–Kier alpha value is -1.86. The lowest BCUT2D eigenvalue weighted by atomic mass is 10.1. The molecule has 0 bridgehead atoms. The van der Waals surface area contributed by atoms with E-state index in [1.54, 1.807) is 24.5 Å². The van der Waals surface area contributed by atoms with Gasteiger partial charge in [0.15, 0.2) is 0 Å². The van der Waals surface area contributed by atoms with Crippen LogP contribution < -0.4 is 4.74 Å². The predicted octanol–water partition coefficient (Wildman–Crippen LogP) is 3.61. The molecular weight excluding hydrogens is 428 g/mol. The second-order valence-electron chi connectivity index (χ2n) is 6.93. The molecule has 2 aromatic rings. The Morgan fingerprint density at radius 3 is 2.56 bits per heavy atom. The minimum atomic E-state index is -0.0317. The van der Waals surface area contributed by atoms with Gasteiger partial charge in [0.25, 0.3) is 5.91 Å². The second kappa shape index (κ2) is 7.64. The fourth-order valence-corrected chi connectivity index (χ4v) is 4.94. The van der Waals surface area contributed by atoms with Crippen molar-refractivity contribution in [2.75, 3.05) is 33.3 Å². The Labute approximate surface area is 171 Å². The smallest absolute Gasteiger partial charge is 0.255 e. The first-order valence-electron chi connectivity index (χ1n) is 9.03. The summed E-state index contributed by atoms with van der Waals surface area (Å²) in [5.41, 5.74) is 0.592. The molecule has 1 aliphatic heterocycles. The van der Waals surface area contributed by atoms with E-state index in [1.807, 2.05) is 28.0 Å². The maximum absolute atomic E-state index is 12.9. The normalized spacial score (nSPS) is 21.9. The molecule has 7 heteroatoms. The highest BCUT2D eigenvalue weighted by Crippen LogP contribution is 2.50. The van der Waals surface area contributed by atoms with Crippen LogP contribution in [0.5, 0.6) is 5.75 Å². The monoisotopic (exact) mass is 448 g/mol. The van der Waals surface area contributed by atoms with Crippen LogP contribution in [0.25, 0.3) is 0 Å². The van der Waals surface area contributed by atoms with Gasteiger partial charge in [0, 0.05) is 47.4 Å². The third-order valence-corrected chi connectivity index (χ3v) is 6.99. The molecule has 1 saturated carbocycles. The molecule has 27 heavy (non-hydrogen) atoms. The highest BCUT2D eigenvalue weighted by atomic mass is 79.9. The molecule has 1 aromatic heterocycles. The summed E-state index contributed by atoms with van der Waals surface area (Å²) in [7, 11) is 1.59. The zero-order valence-corrected chi connectivity index (χ0v) is 17.5. The van der Waals surface area contributed by atoms with E-state index < -0.39 is 0 Å². The number of carbonyl (C=O) groups is 2. The molecule has 1 aliphatic carbocycles. The van der Waals surface area contributed by atoms with Crippen molar-refractivity contribution in [3.8, 4) is 5.75 Å². The topological polar surface area (TPSA) is 49.9 Å². The first-order chi connectivity index (χ1) is 13.1. The summed E-state index contributed by atoms with van der Waals surface area (Å²) >= 11 is 5.18. The molecule has 142 valence electrons. The van der Waals surface area contributed by atoms with Crippen molar-refractivity contribution in [2.24, 2.45) is 5.92 Å². The van der Waals surface area contributed by atoms with Gasteiger partial charge in [0.1, 0.15) is 5.75 Å². The van der Waals surface area contributed by atoms with Gasteiger partial charge in [0.2, 0.25) is 5.91 Å². The predicted molar refractivity (Wildman–Crippen MR) is 108 cm³/mol. The number of benzene rings is 1. The summed E-state index contributed by atoms with van der Waals surface area (Å²) in [5, 5.41) is 2.07. The highest BCUT2D eigenvalue weighted by molar-refractivity contribution is 9.10. The molecule has 2 heterocycles. The quantitative estimate of drug-likeness (QED) is 0.717. The van der Waals surface area contributed by atoms with Crippen molar-refractivity contribution in [2.45, 2.75) is 12.3 Å². The van der Waals surface area contributed by atoms with E-state index in [4.69, 9.17) is 4.74 Å². The van der Waals surface area contributed by atoms with E-state index >= 15 is 0 Å². The van der Waals surface area contributed by atoms with Crippen LogP contribution >= 0.6 is 27.3 Å². The summed E-state index contributed by atoms with van der Waals surface area (Å²) in [6, 6.07) is 9.55. The van der Waals surface area contributed by atoms with Gasteiger partial charge in [-0.05, 0) is 52.0 Å². The van der Waals surface area contributed by atoms with Gasteiger partial charge in [-0.25, -0.2) is 0 Å². The minimum Gasteiger partial charge on any atom is -0.497 e. The number of hydrogen-bond acceptors (Lipinski definition) is 4. The van der Waals surface area contributed by atoms with E-state index in [-0.39, 0.29) is 17.7 Å². The number of piperazine rings is 1. The lowest BCUT2D eigenvalue weighted by Crippen LogP contribution is -2.51. The lowest BCUT2D eigenvalue weighted by Gasteiger charge is -2.35. The maximum atomic E-state index is 12.9. The Kier molecular flexibility index (Phi) is 5.23. The van der Waals surface area contributed by atoms with Gasteiger partial charge in [-0.3, -0.25) is 9.59 Å². The number of rotatable bonds is 4. The molecule has 2 amide bonds. The van der Waals surface area contributed by atoms with Gasteiger partial charge < -0.3 is 14.5 Å². The van der Waals surface area contributed by atoms with Gasteiger partial charge in [-0.1, -0.05) is 6.07 Å². The number of nitrogens with zero attached hydrogens (tertiary/aromatic N) is 2. The van der Waals surface area contributed by atoms with E-state index in [0.29, 0.717) is 43.4 Å². The van der Waals surface area contributed by atoms with Gasteiger partial charge in [-0.2, -0.15) is 0 Å². The third-order valence-electron chi connectivity index (χ3n) is 5.30. The van der Waals surface area contributed by atoms with Gasteiger partial charge in [0.05, 0.1) is 12.7 Å². The maximum Gasteiger partial charge on any atom is 0.255 e. The first-order valence-corrected chi connectivity index (χ1v) is 10.7. The largest absolute Gasteiger partial charge is 0.497 e. The molecule has 2 fully saturated rings. The fourth-order valence-electron chi connectivity index (χ4n) is 3.61. The van der Waals surface area contributed by atoms with E-state index in [2.05, 4.69) is 27.4 Å². The van der Waals surface area contributed by atoms with Crippen LogP contribution in [-0.4, -0.2) is 54.9 Å². The molecule has 1 saturated heterocycles. The Bertz CT molecular complexity index is 847. The van der Waals surface area contributed by atoms with Crippen LogP contribution in [-0.2, 0) is 4.79 Å². The van der Waals surface area contributed by atoms with Crippen LogP contribution in [0.15, 0.2) is 40.2 Å². The van der Waals surface area contributed by atoms with Crippen molar-refractivity contribution >= 4 is 39.1 Å². The zero-order chi connectivity index (χ0) is 19.0. The Morgan fingerprint density at radius 2 is 1.89 bits per heavy atom. The summed E-state index contributed by atoms with van der Waals surface area (Å²) in [4.78, 5) is 30.7. The second-order valence-corrected chi connectivity index (χ2v) is 8.76. The number of hydrogen-bond donors (Lipinski definition) is 0. The average molecular weight is 449 g/mol. The molecule has 5 nitrogen and oxygen atoms in total. The Balaban J connectivity index is 1.35. The average Bonchev–Trinajstić information content (AvgIpc) is 3.31. The van der Waals surface area contributed by atoms with Crippen LogP contribution in [0.1, 0.15) is 27.6 Å². The third kappa shape index (κ3) is 3.75. The summed E-state index contributed by atoms with van der Waals surface area (Å²) in [6.07, 6.45) is 0.954. The minimum absolute atomic E-state index is 0.0317. The summed E-state index contributed by atoms with van der Waals surface area (Å²) < 4.78 is 5.98. The number of thiophene rings is 1. The van der Waals surface area contributed by atoms with Gasteiger partial charge >= 0.3 is 0 Å². The van der Waals surface area contributed by atoms with Crippen molar-refractivity contribution in [3.63, 3.8) is 0 Å². The molecule has 2 unspecified atom stereocenters.